The Hall–Kier alpha value is -6.71. The Bertz CT molecular complexity index is 2620. The zero-order chi connectivity index (χ0) is 33.3. The van der Waals surface area contributed by atoms with Gasteiger partial charge in [0.1, 0.15) is 0 Å². The summed E-state index contributed by atoms with van der Waals surface area (Å²) in [6.07, 6.45) is 0. The van der Waals surface area contributed by atoms with E-state index in [0.29, 0.717) is 17.5 Å². The summed E-state index contributed by atoms with van der Waals surface area (Å²) in [5, 5.41) is 4.81. The van der Waals surface area contributed by atoms with Crippen molar-refractivity contribution in [2.45, 2.75) is 0 Å². The van der Waals surface area contributed by atoms with E-state index in [-0.39, 0.29) is 0 Å². The van der Waals surface area contributed by atoms with Crippen molar-refractivity contribution in [2.75, 3.05) is 0 Å². The molecule has 0 atom stereocenters. The maximum absolute atomic E-state index is 5.01. The summed E-state index contributed by atoms with van der Waals surface area (Å²) in [7, 11) is 0. The van der Waals surface area contributed by atoms with Gasteiger partial charge in [-0.1, -0.05) is 170 Å². The summed E-state index contributed by atoms with van der Waals surface area (Å²) in [6, 6.07) is 66.0. The monoisotopic (exact) mass is 637 g/mol. The van der Waals surface area contributed by atoms with Crippen LogP contribution in [-0.2, 0) is 0 Å². The Morgan fingerprint density at radius 2 is 0.680 bits per heavy atom. The van der Waals surface area contributed by atoms with Gasteiger partial charge in [-0.05, 0) is 73.1 Å². The number of nitrogens with zero attached hydrogens (tertiary/aromatic N) is 3. The van der Waals surface area contributed by atoms with Crippen molar-refractivity contribution in [1.29, 1.82) is 0 Å². The molecular formula is C47H31N3. The van der Waals surface area contributed by atoms with Gasteiger partial charge in [-0.2, -0.15) is 0 Å². The fourth-order valence-electron chi connectivity index (χ4n) is 6.70. The highest BCUT2D eigenvalue weighted by molar-refractivity contribution is 5.97. The third-order valence-corrected chi connectivity index (χ3v) is 9.31. The Balaban J connectivity index is 1.08. The van der Waals surface area contributed by atoms with Crippen LogP contribution in [0.2, 0.25) is 0 Å². The van der Waals surface area contributed by atoms with E-state index in [4.69, 9.17) is 15.0 Å². The number of rotatable bonds is 6. The fraction of sp³-hybridized carbons (Fsp3) is 0. The molecule has 0 aliphatic carbocycles. The van der Waals surface area contributed by atoms with E-state index < -0.39 is 0 Å². The molecule has 0 aliphatic heterocycles. The molecule has 1 heterocycles. The summed E-state index contributed by atoms with van der Waals surface area (Å²) >= 11 is 0. The van der Waals surface area contributed by atoms with Gasteiger partial charge in [0.25, 0.3) is 0 Å². The largest absolute Gasteiger partial charge is 0.208 e. The normalized spacial score (nSPS) is 11.2. The molecule has 50 heavy (non-hydrogen) atoms. The van der Waals surface area contributed by atoms with Crippen LogP contribution in [0.15, 0.2) is 188 Å². The summed E-state index contributed by atoms with van der Waals surface area (Å²) in [4.78, 5) is 14.9. The second-order valence-corrected chi connectivity index (χ2v) is 12.5. The molecule has 9 aromatic rings. The third-order valence-electron chi connectivity index (χ3n) is 9.31. The second kappa shape index (κ2) is 12.7. The van der Waals surface area contributed by atoms with E-state index in [2.05, 4.69) is 152 Å². The lowest BCUT2D eigenvalue weighted by Gasteiger charge is -2.11. The molecule has 0 amide bonds. The standard InChI is InChI=1S/C47H31N3/c1-3-11-32(12-4-1)33-21-23-36(24-22-33)46-48-45(35-14-5-2-6-15-35)49-47(50-46)42-28-27-39-29-38(25-26-40(39)31-42)37-17-9-18-41(30-37)44-20-10-16-34-13-7-8-19-43(34)44/h1-31H. The van der Waals surface area contributed by atoms with Crippen LogP contribution in [0.5, 0.6) is 0 Å². The fourth-order valence-corrected chi connectivity index (χ4v) is 6.70. The molecule has 0 spiro atoms. The molecule has 0 saturated carbocycles. The lowest BCUT2D eigenvalue weighted by Crippen LogP contribution is -2.00. The molecule has 1 aromatic heterocycles. The van der Waals surface area contributed by atoms with Gasteiger partial charge < -0.3 is 0 Å². The summed E-state index contributed by atoms with van der Waals surface area (Å²) in [6.45, 7) is 0. The quantitative estimate of drug-likeness (QED) is 0.182. The number of aromatic nitrogens is 3. The molecule has 0 aliphatic rings. The Morgan fingerprint density at radius 1 is 0.240 bits per heavy atom. The SMILES string of the molecule is c1ccc(-c2ccc(-c3nc(-c4ccccc4)nc(-c4ccc5cc(-c6cccc(-c7cccc8ccccc78)c6)ccc5c4)n3)cc2)cc1. The van der Waals surface area contributed by atoms with Crippen molar-refractivity contribution in [1.82, 2.24) is 15.0 Å². The van der Waals surface area contributed by atoms with Crippen molar-refractivity contribution >= 4 is 21.5 Å². The number of hydrogen-bond donors (Lipinski definition) is 0. The molecule has 0 radical (unpaired) electrons. The van der Waals surface area contributed by atoms with E-state index in [1.165, 1.54) is 38.6 Å². The second-order valence-electron chi connectivity index (χ2n) is 12.5. The van der Waals surface area contributed by atoms with E-state index in [9.17, 15) is 0 Å². The maximum Gasteiger partial charge on any atom is 0.164 e. The van der Waals surface area contributed by atoms with Crippen molar-refractivity contribution in [3.05, 3.63) is 188 Å². The maximum atomic E-state index is 5.01. The van der Waals surface area contributed by atoms with Gasteiger partial charge in [0, 0.05) is 16.7 Å². The average Bonchev–Trinajstić information content (AvgIpc) is 3.21. The zero-order valence-corrected chi connectivity index (χ0v) is 27.2. The van der Waals surface area contributed by atoms with Crippen LogP contribution in [0.4, 0.5) is 0 Å². The first kappa shape index (κ1) is 29.4. The molecule has 0 fully saturated rings. The van der Waals surface area contributed by atoms with Crippen LogP contribution in [0.25, 0.3) is 89.1 Å². The van der Waals surface area contributed by atoms with Crippen molar-refractivity contribution in [3.63, 3.8) is 0 Å². The molecule has 3 nitrogen and oxygen atoms in total. The summed E-state index contributed by atoms with van der Waals surface area (Å²) < 4.78 is 0. The van der Waals surface area contributed by atoms with Crippen molar-refractivity contribution in [2.24, 2.45) is 0 Å². The Morgan fingerprint density at radius 3 is 1.42 bits per heavy atom. The molecular weight excluding hydrogens is 607 g/mol. The van der Waals surface area contributed by atoms with Crippen molar-refractivity contribution in [3.8, 4) is 67.5 Å². The smallest absolute Gasteiger partial charge is 0.164 e. The predicted octanol–water partition coefficient (Wildman–Crippen LogP) is 12.2. The zero-order valence-electron chi connectivity index (χ0n) is 27.2. The van der Waals surface area contributed by atoms with Gasteiger partial charge in [-0.15, -0.1) is 0 Å². The molecule has 0 saturated heterocycles. The number of fused-ring (bicyclic) bond motifs is 2. The van der Waals surface area contributed by atoms with Gasteiger partial charge in [-0.3, -0.25) is 0 Å². The highest BCUT2D eigenvalue weighted by Gasteiger charge is 2.14. The lowest BCUT2D eigenvalue weighted by atomic mass is 9.94. The van der Waals surface area contributed by atoms with Crippen LogP contribution in [0.1, 0.15) is 0 Å². The highest BCUT2D eigenvalue weighted by atomic mass is 15.0. The predicted molar refractivity (Wildman–Crippen MR) is 207 cm³/mol. The number of hydrogen-bond acceptors (Lipinski definition) is 3. The molecule has 0 N–H and O–H groups in total. The molecule has 0 bridgehead atoms. The van der Waals surface area contributed by atoms with Crippen LogP contribution < -0.4 is 0 Å². The topological polar surface area (TPSA) is 38.7 Å². The van der Waals surface area contributed by atoms with E-state index in [1.807, 2.05) is 36.4 Å². The van der Waals surface area contributed by atoms with Crippen molar-refractivity contribution < 1.29 is 0 Å². The summed E-state index contributed by atoms with van der Waals surface area (Å²) in [5.41, 5.74) is 10.0. The van der Waals surface area contributed by atoms with Crippen LogP contribution in [-0.4, -0.2) is 15.0 Å². The first-order valence-electron chi connectivity index (χ1n) is 16.9. The average molecular weight is 638 g/mol. The van der Waals surface area contributed by atoms with Gasteiger partial charge in [0.2, 0.25) is 0 Å². The van der Waals surface area contributed by atoms with Gasteiger partial charge >= 0.3 is 0 Å². The third kappa shape index (κ3) is 5.72. The minimum Gasteiger partial charge on any atom is -0.208 e. The highest BCUT2D eigenvalue weighted by Crippen LogP contribution is 2.34. The molecule has 3 heteroatoms. The first-order chi connectivity index (χ1) is 24.7. The van der Waals surface area contributed by atoms with Gasteiger partial charge in [0.05, 0.1) is 0 Å². The van der Waals surface area contributed by atoms with E-state index >= 15 is 0 Å². The first-order valence-corrected chi connectivity index (χ1v) is 16.9. The molecule has 8 aromatic carbocycles. The Kier molecular flexibility index (Phi) is 7.49. The van der Waals surface area contributed by atoms with Gasteiger partial charge in [0.15, 0.2) is 17.5 Å². The van der Waals surface area contributed by atoms with E-state index in [1.54, 1.807) is 0 Å². The summed E-state index contributed by atoms with van der Waals surface area (Å²) in [5.74, 6) is 1.95. The van der Waals surface area contributed by atoms with E-state index in [0.717, 1.165) is 33.0 Å². The minimum absolute atomic E-state index is 0.648. The molecule has 0 unspecified atom stereocenters. The van der Waals surface area contributed by atoms with Gasteiger partial charge in [-0.25, -0.2) is 15.0 Å². The number of benzene rings is 8. The molecule has 234 valence electrons. The minimum atomic E-state index is 0.648. The molecule has 9 rings (SSSR count). The Labute approximate surface area is 291 Å². The van der Waals surface area contributed by atoms with Crippen LogP contribution in [0.3, 0.4) is 0 Å². The lowest BCUT2D eigenvalue weighted by molar-refractivity contribution is 1.07. The van der Waals surface area contributed by atoms with Crippen LogP contribution >= 0.6 is 0 Å². The van der Waals surface area contributed by atoms with Crippen LogP contribution in [0, 0.1) is 0 Å².